The van der Waals surface area contributed by atoms with Crippen LogP contribution in [0.15, 0.2) is 46.6 Å². The van der Waals surface area contributed by atoms with E-state index in [0.717, 1.165) is 18.2 Å². The number of carbonyl (C=O) groups is 1. The topological polar surface area (TPSA) is 67.7 Å². The zero-order valence-corrected chi connectivity index (χ0v) is 24.0. The molecule has 1 amide bonds. The number of alkyl halides is 3. The second-order valence-corrected chi connectivity index (χ2v) is 11.6. The van der Waals surface area contributed by atoms with E-state index in [-0.39, 0.29) is 75.7 Å². The number of amides is 1. The third-order valence-corrected chi connectivity index (χ3v) is 8.98. The molecule has 2 aliphatic heterocycles. The van der Waals surface area contributed by atoms with Gasteiger partial charge in [-0.2, -0.15) is 18.2 Å². The number of carbonyl (C=O) groups excluding carboxylic acids is 1. The molecule has 41 heavy (non-hydrogen) atoms. The number of halogens is 5. The average Bonchev–Trinajstić information content (AvgIpc) is 2.91. The van der Waals surface area contributed by atoms with Crippen LogP contribution in [-0.2, 0) is 15.7 Å². The monoisotopic (exact) mass is 610 g/mol. The number of ether oxygens (including phenoxy) is 1. The van der Waals surface area contributed by atoms with Crippen molar-refractivity contribution in [3.05, 3.63) is 63.8 Å². The second kappa shape index (κ2) is 11.0. The Balaban J connectivity index is 1.82. The normalized spacial score (nSPS) is 20.9. The smallest absolute Gasteiger partial charge is 0.383 e. The SMILES string of the molecule is C=CC(=O)N1[C@H](C)CN(c2nc(=O)n3c4c(c(-c5ccc(F)c(Cl)c5)c(C(F)(F)F)cc24)SCC3COC)C[C@@H]1C. The number of nitrogens with zero attached hydrogens (tertiary/aromatic N) is 4. The summed E-state index contributed by atoms with van der Waals surface area (Å²) in [7, 11) is 1.48. The summed E-state index contributed by atoms with van der Waals surface area (Å²) in [5.74, 6) is -0.640. The number of benzene rings is 2. The number of methoxy groups -OCH3 is 1. The molecular weight excluding hydrogens is 584 g/mol. The van der Waals surface area contributed by atoms with Gasteiger partial charge in [0.15, 0.2) is 0 Å². The van der Waals surface area contributed by atoms with Crippen LogP contribution in [-0.4, -0.2) is 65.0 Å². The average molecular weight is 611 g/mol. The van der Waals surface area contributed by atoms with Crippen molar-refractivity contribution in [3.63, 3.8) is 0 Å². The Bertz CT molecular complexity index is 1600. The molecule has 0 spiro atoms. The van der Waals surface area contributed by atoms with Gasteiger partial charge in [-0.3, -0.25) is 9.36 Å². The Morgan fingerprint density at radius 1 is 1.24 bits per heavy atom. The third-order valence-electron chi connectivity index (χ3n) is 7.45. The minimum absolute atomic E-state index is 0.0782. The molecule has 218 valence electrons. The van der Waals surface area contributed by atoms with E-state index in [1.54, 1.807) is 9.80 Å². The summed E-state index contributed by atoms with van der Waals surface area (Å²) in [4.78, 5) is 34.0. The molecule has 7 nitrogen and oxygen atoms in total. The van der Waals surface area contributed by atoms with Crippen LogP contribution in [0.1, 0.15) is 25.5 Å². The van der Waals surface area contributed by atoms with E-state index in [0.29, 0.717) is 5.52 Å². The Hall–Kier alpha value is -3.09. The lowest BCUT2D eigenvalue weighted by Gasteiger charge is -2.45. The van der Waals surface area contributed by atoms with Gasteiger partial charge in [0.05, 0.1) is 28.8 Å². The van der Waals surface area contributed by atoms with Gasteiger partial charge in [-0.1, -0.05) is 24.2 Å². The molecule has 0 aliphatic carbocycles. The van der Waals surface area contributed by atoms with Crippen LogP contribution in [0.3, 0.4) is 0 Å². The highest BCUT2D eigenvalue weighted by Crippen LogP contribution is 2.50. The van der Waals surface area contributed by atoms with Crippen LogP contribution >= 0.6 is 23.4 Å². The molecule has 2 aliphatic rings. The maximum Gasteiger partial charge on any atom is 0.417 e. The number of rotatable bonds is 5. The first kappa shape index (κ1) is 29.4. The molecule has 1 aromatic heterocycles. The van der Waals surface area contributed by atoms with E-state index >= 15 is 0 Å². The predicted molar refractivity (Wildman–Crippen MR) is 151 cm³/mol. The lowest BCUT2D eigenvalue weighted by molar-refractivity contribution is -0.137. The lowest BCUT2D eigenvalue weighted by Crippen LogP contribution is -2.58. The Morgan fingerprint density at radius 2 is 1.93 bits per heavy atom. The summed E-state index contributed by atoms with van der Waals surface area (Å²) in [5.41, 5.74) is -1.37. The Kier molecular flexibility index (Phi) is 7.86. The molecule has 3 aromatic rings. The molecule has 13 heteroatoms. The van der Waals surface area contributed by atoms with Crippen molar-refractivity contribution in [1.82, 2.24) is 14.5 Å². The summed E-state index contributed by atoms with van der Waals surface area (Å²) in [6, 6.07) is 3.32. The first-order valence-electron chi connectivity index (χ1n) is 12.8. The molecule has 0 N–H and O–H groups in total. The van der Waals surface area contributed by atoms with Gasteiger partial charge in [-0.25, -0.2) is 9.18 Å². The minimum atomic E-state index is -4.79. The summed E-state index contributed by atoms with van der Waals surface area (Å²) in [6.07, 6.45) is -3.57. The fraction of sp³-hybridized carbons (Fsp3) is 0.393. The molecule has 0 bridgehead atoms. The van der Waals surface area contributed by atoms with E-state index in [1.807, 2.05) is 13.8 Å². The number of aromatic nitrogens is 2. The van der Waals surface area contributed by atoms with Crippen molar-refractivity contribution >= 4 is 46.0 Å². The van der Waals surface area contributed by atoms with Gasteiger partial charge in [0.2, 0.25) is 5.91 Å². The fourth-order valence-corrected chi connectivity index (χ4v) is 7.35. The van der Waals surface area contributed by atoms with Crippen molar-refractivity contribution < 1.29 is 27.1 Å². The number of thioether (sulfide) groups is 1. The van der Waals surface area contributed by atoms with Crippen molar-refractivity contribution in [2.45, 2.75) is 43.0 Å². The summed E-state index contributed by atoms with van der Waals surface area (Å²) >= 11 is 7.17. The molecule has 5 rings (SSSR count). The summed E-state index contributed by atoms with van der Waals surface area (Å²) in [5, 5.41) is -0.163. The quantitative estimate of drug-likeness (QED) is 0.270. The van der Waals surface area contributed by atoms with E-state index in [1.165, 1.54) is 35.6 Å². The largest absolute Gasteiger partial charge is 0.417 e. The first-order valence-corrected chi connectivity index (χ1v) is 14.2. The zero-order chi connectivity index (χ0) is 29.8. The summed E-state index contributed by atoms with van der Waals surface area (Å²) in [6.45, 7) is 7.85. The van der Waals surface area contributed by atoms with E-state index in [4.69, 9.17) is 16.3 Å². The second-order valence-electron chi connectivity index (χ2n) is 10.2. The predicted octanol–water partition coefficient (Wildman–Crippen LogP) is 5.78. The van der Waals surface area contributed by atoms with Gasteiger partial charge in [-0.15, -0.1) is 11.8 Å². The highest BCUT2D eigenvalue weighted by atomic mass is 35.5. The standard InChI is InChI=1S/C28H27ClF4N4O3S/c1-5-22(38)36-14(2)10-35(11-15(36)3)26-18-9-19(28(31,32)33)23(16-6-7-21(30)20(29)8-16)25-24(18)37(27(39)34-26)17(12-40-4)13-41-25/h5-9,14-15,17H,1,10-13H2,2-4H3/t14-,15+,17?. The number of hydrogen-bond acceptors (Lipinski definition) is 6. The molecule has 1 unspecified atom stereocenters. The van der Waals surface area contributed by atoms with Gasteiger partial charge < -0.3 is 14.5 Å². The highest BCUT2D eigenvalue weighted by molar-refractivity contribution is 7.99. The number of hydrogen-bond donors (Lipinski definition) is 0. The number of anilines is 1. The van der Waals surface area contributed by atoms with E-state index in [9.17, 15) is 27.2 Å². The number of piperazine rings is 1. The van der Waals surface area contributed by atoms with Crippen LogP contribution in [0.4, 0.5) is 23.4 Å². The van der Waals surface area contributed by atoms with Crippen LogP contribution < -0.4 is 10.6 Å². The van der Waals surface area contributed by atoms with Gasteiger partial charge in [0, 0.05) is 53.9 Å². The molecule has 1 saturated heterocycles. The maximum absolute atomic E-state index is 14.7. The van der Waals surface area contributed by atoms with Crippen molar-refractivity contribution in [2.24, 2.45) is 0 Å². The Morgan fingerprint density at radius 3 is 2.51 bits per heavy atom. The molecule has 3 heterocycles. The highest BCUT2D eigenvalue weighted by Gasteiger charge is 2.40. The van der Waals surface area contributed by atoms with E-state index in [2.05, 4.69) is 11.6 Å². The van der Waals surface area contributed by atoms with Crippen LogP contribution in [0.25, 0.3) is 22.0 Å². The van der Waals surface area contributed by atoms with Gasteiger partial charge in [0.25, 0.3) is 0 Å². The van der Waals surface area contributed by atoms with Gasteiger partial charge in [0.1, 0.15) is 11.6 Å². The molecule has 2 aromatic carbocycles. The zero-order valence-electron chi connectivity index (χ0n) is 22.5. The van der Waals surface area contributed by atoms with Crippen LogP contribution in [0.2, 0.25) is 5.02 Å². The molecule has 3 atom stereocenters. The minimum Gasteiger partial charge on any atom is -0.383 e. The van der Waals surface area contributed by atoms with Crippen molar-refractivity contribution in [2.75, 3.05) is 37.5 Å². The molecular formula is C28H27ClF4N4O3S. The van der Waals surface area contributed by atoms with Gasteiger partial charge in [-0.05, 0) is 43.7 Å². The summed E-state index contributed by atoms with van der Waals surface area (Å²) < 4.78 is 64.9. The van der Waals surface area contributed by atoms with Gasteiger partial charge >= 0.3 is 11.9 Å². The fourth-order valence-electron chi connectivity index (χ4n) is 5.84. The van der Waals surface area contributed by atoms with Crippen LogP contribution in [0.5, 0.6) is 0 Å². The van der Waals surface area contributed by atoms with Crippen molar-refractivity contribution in [1.29, 1.82) is 0 Å². The van der Waals surface area contributed by atoms with Crippen molar-refractivity contribution in [3.8, 4) is 11.1 Å². The molecule has 0 radical (unpaired) electrons. The first-order chi connectivity index (χ1) is 19.4. The lowest BCUT2D eigenvalue weighted by atomic mass is 9.95. The maximum atomic E-state index is 14.7. The van der Waals surface area contributed by atoms with Crippen LogP contribution in [0, 0.1) is 5.82 Å². The molecule has 0 saturated carbocycles. The third kappa shape index (κ3) is 5.10. The Labute approximate surface area is 242 Å². The van der Waals surface area contributed by atoms with E-state index < -0.39 is 29.3 Å². The molecule has 1 fully saturated rings.